The SMILES string of the molecule is Cc1ccc(S(=O)O)cc1.N. The van der Waals surface area contributed by atoms with Gasteiger partial charge in [0.05, 0.1) is 4.90 Å². The van der Waals surface area contributed by atoms with E-state index in [4.69, 9.17) is 4.55 Å². The van der Waals surface area contributed by atoms with Gasteiger partial charge in [-0.2, -0.15) is 0 Å². The Morgan fingerprint density at radius 3 is 2.09 bits per heavy atom. The molecule has 0 spiro atoms. The lowest BCUT2D eigenvalue weighted by Gasteiger charge is -1.93. The van der Waals surface area contributed by atoms with Crippen LogP contribution in [0.2, 0.25) is 0 Å². The molecule has 3 nitrogen and oxygen atoms in total. The highest BCUT2D eigenvalue weighted by atomic mass is 32.2. The van der Waals surface area contributed by atoms with Crippen molar-refractivity contribution in [2.75, 3.05) is 0 Å². The Hall–Kier alpha value is -0.710. The molecule has 0 aliphatic rings. The number of aryl methyl sites for hydroxylation is 1. The van der Waals surface area contributed by atoms with Crippen molar-refractivity contribution < 1.29 is 8.76 Å². The van der Waals surface area contributed by atoms with Gasteiger partial charge in [-0.15, -0.1) is 0 Å². The van der Waals surface area contributed by atoms with Gasteiger partial charge in [0.15, 0.2) is 11.1 Å². The lowest BCUT2D eigenvalue weighted by Crippen LogP contribution is -1.86. The minimum absolute atomic E-state index is 0. The summed E-state index contributed by atoms with van der Waals surface area (Å²) in [5.74, 6) is 0. The molecule has 0 amide bonds. The highest BCUT2D eigenvalue weighted by Crippen LogP contribution is 2.05. The molecule has 1 aromatic rings. The van der Waals surface area contributed by atoms with E-state index in [1.807, 2.05) is 19.1 Å². The summed E-state index contributed by atoms with van der Waals surface area (Å²) in [6.45, 7) is 1.93. The minimum Gasteiger partial charge on any atom is -0.344 e. The average Bonchev–Trinajstić information content (AvgIpc) is 1.88. The van der Waals surface area contributed by atoms with Crippen molar-refractivity contribution in [3.8, 4) is 0 Å². The first-order valence-corrected chi connectivity index (χ1v) is 3.98. The van der Waals surface area contributed by atoms with Gasteiger partial charge in [0.2, 0.25) is 0 Å². The van der Waals surface area contributed by atoms with Crippen LogP contribution in [0.1, 0.15) is 5.56 Å². The Balaban J connectivity index is 0.000001000. The third-order valence-electron chi connectivity index (χ3n) is 1.22. The number of hydrogen-bond acceptors (Lipinski definition) is 2. The molecule has 0 radical (unpaired) electrons. The van der Waals surface area contributed by atoms with Gasteiger partial charge in [0.1, 0.15) is 0 Å². The number of hydrogen-bond donors (Lipinski definition) is 2. The second-order valence-electron chi connectivity index (χ2n) is 2.06. The molecule has 1 unspecified atom stereocenters. The van der Waals surface area contributed by atoms with Gasteiger partial charge >= 0.3 is 0 Å². The largest absolute Gasteiger partial charge is 0.344 e. The zero-order valence-corrected chi connectivity index (χ0v) is 7.10. The molecule has 0 bridgehead atoms. The molecule has 62 valence electrons. The van der Waals surface area contributed by atoms with Gasteiger partial charge in [0, 0.05) is 0 Å². The van der Waals surface area contributed by atoms with E-state index in [0.717, 1.165) is 5.56 Å². The highest BCUT2D eigenvalue weighted by molar-refractivity contribution is 7.79. The standard InChI is InChI=1S/C7H8O2S.H3N/c1-6-2-4-7(5-3-6)10(8)9;/h2-5H,1H3,(H,8,9);1H3. The molecule has 0 heterocycles. The first kappa shape index (κ1) is 10.3. The quantitative estimate of drug-likeness (QED) is 0.635. The molecule has 4 N–H and O–H groups in total. The van der Waals surface area contributed by atoms with E-state index in [-0.39, 0.29) is 6.15 Å². The first-order valence-electron chi connectivity index (χ1n) is 2.87. The summed E-state index contributed by atoms with van der Waals surface area (Å²) < 4.78 is 19.0. The topological polar surface area (TPSA) is 72.3 Å². The fourth-order valence-corrected chi connectivity index (χ4v) is 1.02. The van der Waals surface area contributed by atoms with Crippen LogP contribution in [0.25, 0.3) is 0 Å². The van der Waals surface area contributed by atoms with Crippen LogP contribution in [0.4, 0.5) is 0 Å². The van der Waals surface area contributed by atoms with Crippen LogP contribution in [0.5, 0.6) is 0 Å². The normalized spacial score (nSPS) is 11.8. The van der Waals surface area contributed by atoms with E-state index < -0.39 is 11.1 Å². The number of rotatable bonds is 1. The van der Waals surface area contributed by atoms with Crippen LogP contribution in [-0.4, -0.2) is 8.76 Å². The smallest absolute Gasteiger partial charge is 0.186 e. The molecule has 1 atom stereocenters. The molecule has 0 aromatic heterocycles. The first-order chi connectivity index (χ1) is 4.70. The molecule has 0 saturated heterocycles. The molecule has 0 fully saturated rings. The predicted octanol–water partition coefficient (Wildman–Crippen LogP) is 1.74. The number of benzene rings is 1. The zero-order chi connectivity index (χ0) is 7.56. The van der Waals surface area contributed by atoms with Gasteiger partial charge in [-0.1, -0.05) is 17.7 Å². The van der Waals surface area contributed by atoms with Crippen LogP contribution >= 0.6 is 0 Å². The van der Waals surface area contributed by atoms with Gasteiger partial charge in [-0.05, 0) is 19.1 Å². The highest BCUT2D eigenvalue weighted by Gasteiger charge is 1.95. The maximum atomic E-state index is 10.4. The summed E-state index contributed by atoms with van der Waals surface area (Å²) in [5, 5.41) is 0. The average molecular weight is 173 g/mol. The van der Waals surface area contributed by atoms with Crippen LogP contribution in [0.3, 0.4) is 0 Å². The fraction of sp³-hybridized carbons (Fsp3) is 0.143. The molecule has 4 heteroatoms. The van der Waals surface area contributed by atoms with Crippen LogP contribution in [0, 0.1) is 6.92 Å². The summed E-state index contributed by atoms with van der Waals surface area (Å²) in [7, 11) is 0. The Bertz CT molecular complexity index is 245. The van der Waals surface area contributed by atoms with Crippen molar-refractivity contribution in [1.29, 1.82) is 0 Å². The molecule has 1 rings (SSSR count). The Labute approximate surface area is 68.3 Å². The van der Waals surface area contributed by atoms with Crippen molar-refractivity contribution in [3.63, 3.8) is 0 Å². The molecule has 1 aromatic carbocycles. The summed E-state index contributed by atoms with van der Waals surface area (Å²) in [6.07, 6.45) is 0. The zero-order valence-electron chi connectivity index (χ0n) is 6.28. The van der Waals surface area contributed by atoms with Crippen molar-refractivity contribution in [2.24, 2.45) is 0 Å². The van der Waals surface area contributed by atoms with Gasteiger partial charge < -0.3 is 10.7 Å². The Kier molecular flexibility index (Phi) is 3.95. The van der Waals surface area contributed by atoms with Gasteiger partial charge in [-0.3, -0.25) is 0 Å². The maximum absolute atomic E-state index is 10.4. The van der Waals surface area contributed by atoms with Crippen LogP contribution in [-0.2, 0) is 11.1 Å². The molecule has 11 heavy (non-hydrogen) atoms. The monoisotopic (exact) mass is 173 g/mol. The Morgan fingerprint density at radius 1 is 1.27 bits per heavy atom. The van der Waals surface area contributed by atoms with E-state index in [2.05, 4.69) is 0 Å². The van der Waals surface area contributed by atoms with Gasteiger partial charge in [0.25, 0.3) is 0 Å². The van der Waals surface area contributed by atoms with Crippen molar-refractivity contribution in [3.05, 3.63) is 29.8 Å². The summed E-state index contributed by atoms with van der Waals surface area (Å²) >= 11 is -1.84. The van der Waals surface area contributed by atoms with E-state index in [1.165, 1.54) is 0 Å². The maximum Gasteiger partial charge on any atom is 0.186 e. The molecular formula is C7H11NO2S. The lowest BCUT2D eigenvalue weighted by molar-refractivity contribution is 0.564. The summed E-state index contributed by atoms with van der Waals surface area (Å²) in [4.78, 5) is 0.450. The summed E-state index contributed by atoms with van der Waals surface area (Å²) in [6, 6.07) is 6.91. The Morgan fingerprint density at radius 2 is 1.73 bits per heavy atom. The predicted molar refractivity (Wildman–Crippen MR) is 45.2 cm³/mol. The molecule has 0 saturated carbocycles. The van der Waals surface area contributed by atoms with Crippen molar-refractivity contribution in [1.82, 2.24) is 6.15 Å². The molecule has 0 aliphatic carbocycles. The second kappa shape index (κ2) is 4.23. The minimum atomic E-state index is -1.84. The van der Waals surface area contributed by atoms with Gasteiger partial charge in [-0.25, -0.2) is 4.21 Å². The van der Waals surface area contributed by atoms with E-state index in [0.29, 0.717) is 4.90 Å². The molecule has 0 aliphatic heterocycles. The third-order valence-corrected chi connectivity index (χ3v) is 1.90. The third kappa shape index (κ3) is 2.80. The lowest BCUT2D eigenvalue weighted by atomic mass is 10.2. The molecular weight excluding hydrogens is 162 g/mol. The van der Waals surface area contributed by atoms with Crippen LogP contribution < -0.4 is 6.15 Å². The van der Waals surface area contributed by atoms with E-state index >= 15 is 0 Å². The van der Waals surface area contributed by atoms with Crippen LogP contribution in [0.15, 0.2) is 29.2 Å². The summed E-state index contributed by atoms with van der Waals surface area (Å²) in [5.41, 5.74) is 1.09. The van der Waals surface area contributed by atoms with Crippen molar-refractivity contribution in [2.45, 2.75) is 11.8 Å². The van der Waals surface area contributed by atoms with E-state index in [1.54, 1.807) is 12.1 Å². The van der Waals surface area contributed by atoms with Crippen molar-refractivity contribution >= 4 is 11.1 Å². The second-order valence-corrected chi connectivity index (χ2v) is 3.03. The van der Waals surface area contributed by atoms with E-state index in [9.17, 15) is 4.21 Å². The fourth-order valence-electron chi connectivity index (χ4n) is 0.655.